The van der Waals surface area contributed by atoms with Crippen LogP contribution in [0.15, 0.2) is 47.8 Å². The van der Waals surface area contributed by atoms with Crippen LogP contribution in [0.25, 0.3) is 0 Å². The molecule has 1 aromatic heterocycles. The minimum Gasteiger partial charge on any atom is -0.492 e. The van der Waals surface area contributed by atoms with E-state index in [1.165, 1.54) is 29.6 Å². The van der Waals surface area contributed by atoms with E-state index in [4.69, 9.17) is 28.8 Å². The Morgan fingerprint density at radius 1 is 0.800 bits per heavy atom. The first kappa shape index (κ1) is 42.0. The van der Waals surface area contributed by atoms with Gasteiger partial charge in [-0.3, -0.25) is 14.8 Å². The lowest BCUT2D eigenvalue weighted by atomic mass is 10.1. The minimum absolute atomic E-state index is 0.132. The Balaban J connectivity index is 0.000000358. The number of aliphatic hydroxyl groups is 1. The van der Waals surface area contributed by atoms with Gasteiger partial charge in [-0.1, -0.05) is 23.3 Å². The summed E-state index contributed by atoms with van der Waals surface area (Å²) in [6.07, 6.45) is 11.8. The molecule has 0 saturated carbocycles. The first-order valence-corrected chi connectivity index (χ1v) is 17.2. The molecule has 280 valence electrons. The number of amides is 2. The van der Waals surface area contributed by atoms with Crippen LogP contribution in [0, 0.1) is 0 Å². The molecule has 0 bridgehead atoms. The molecule has 13 nitrogen and oxygen atoms in total. The number of hydrogen-bond acceptors (Lipinski definition) is 11. The maximum Gasteiger partial charge on any atom is 0.411 e. The van der Waals surface area contributed by atoms with Crippen LogP contribution in [0.1, 0.15) is 92.9 Å². The van der Waals surface area contributed by atoms with Gasteiger partial charge in [-0.15, -0.1) is 0 Å². The van der Waals surface area contributed by atoms with E-state index < -0.39 is 47.4 Å². The lowest BCUT2D eigenvalue weighted by Crippen LogP contribution is -2.47. The lowest BCUT2D eigenvalue weighted by Gasteiger charge is -2.30. The molecule has 13 heteroatoms. The molecule has 50 heavy (non-hydrogen) atoms. The van der Waals surface area contributed by atoms with Crippen LogP contribution in [0.5, 0.6) is 5.75 Å². The third kappa shape index (κ3) is 15.2. The van der Waals surface area contributed by atoms with Crippen LogP contribution < -0.4 is 4.74 Å². The molecular formula is C37H57N3O10. The third-order valence-electron chi connectivity index (χ3n) is 7.76. The smallest absolute Gasteiger partial charge is 0.411 e. The van der Waals surface area contributed by atoms with Gasteiger partial charge < -0.3 is 28.8 Å². The van der Waals surface area contributed by atoms with Crippen LogP contribution in [-0.2, 0) is 28.5 Å². The maximum absolute atomic E-state index is 12.6. The Bertz CT molecular complexity index is 1300. The molecule has 0 saturated heterocycles. The summed E-state index contributed by atoms with van der Waals surface area (Å²) in [6.45, 7) is 12.3. The Kier molecular flexibility index (Phi) is 17.3. The topological polar surface area (TPSA) is 154 Å². The second-order valence-electron chi connectivity index (χ2n) is 14.1. The van der Waals surface area contributed by atoms with Crippen molar-refractivity contribution in [1.82, 2.24) is 14.8 Å². The van der Waals surface area contributed by atoms with Crippen LogP contribution >= 0.6 is 0 Å². The van der Waals surface area contributed by atoms with E-state index in [0.717, 1.165) is 30.6 Å². The van der Waals surface area contributed by atoms with E-state index in [1.807, 2.05) is 45.1 Å². The molecule has 0 fully saturated rings. The van der Waals surface area contributed by atoms with E-state index in [9.17, 15) is 19.2 Å². The molecule has 0 aliphatic carbocycles. The predicted octanol–water partition coefficient (Wildman–Crippen LogP) is 6.00. The SMILES string of the molecule is COC(=O)[C@@H]1CC=C(CCCO)CCN1C(=O)OC(C)(C)C.COC(=O)[C@@H]1CC=C(CCCOc2cccnc2)CCN1C(=O)OC(C)(C)C. The largest absolute Gasteiger partial charge is 0.492 e. The van der Waals surface area contributed by atoms with Gasteiger partial charge in [-0.2, -0.15) is 0 Å². The lowest BCUT2D eigenvalue weighted by molar-refractivity contribution is -0.147. The first-order valence-electron chi connectivity index (χ1n) is 17.2. The van der Waals surface area contributed by atoms with E-state index in [0.29, 0.717) is 51.8 Å². The maximum atomic E-state index is 12.6. The summed E-state index contributed by atoms with van der Waals surface area (Å²) < 4.78 is 26.2. The second kappa shape index (κ2) is 20.5. The molecule has 3 heterocycles. The summed E-state index contributed by atoms with van der Waals surface area (Å²) in [4.78, 5) is 56.0. The van der Waals surface area contributed by atoms with Gasteiger partial charge in [-0.05, 0) is 105 Å². The highest BCUT2D eigenvalue weighted by Gasteiger charge is 2.35. The quantitative estimate of drug-likeness (QED) is 0.132. The molecule has 2 aliphatic rings. The van der Waals surface area contributed by atoms with E-state index in [1.54, 1.807) is 33.2 Å². The fourth-order valence-corrected chi connectivity index (χ4v) is 5.33. The van der Waals surface area contributed by atoms with Gasteiger partial charge in [-0.25, -0.2) is 19.2 Å². The van der Waals surface area contributed by atoms with Crippen molar-refractivity contribution < 1.29 is 48.0 Å². The number of ether oxygens (including phenoxy) is 5. The van der Waals surface area contributed by atoms with E-state index in [2.05, 4.69) is 4.98 Å². The number of nitrogens with zero attached hydrogens (tertiary/aromatic N) is 3. The minimum atomic E-state index is -0.663. The van der Waals surface area contributed by atoms with Crippen LogP contribution in [0.2, 0.25) is 0 Å². The van der Waals surface area contributed by atoms with Crippen molar-refractivity contribution in [3.8, 4) is 5.75 Å². The van der Waals surface area contributed by atoms with Crippen molar-refractivity contribution in [3.63, 3.8) is 0 Å². The fourth-order valence-electron chi connectivity index (χ4n) is 5.33. The summed E-state index contributed by atoms with van der Waals surface area (Å²) in [5.74, 6) is -0.118. The third-order valence-corrected chi connectivity index (χ3v) is 7.76. The molecule has 2 aliphatic heterocycles. The molecule has 0 unspecified atom stereocenters. The van der Waals surface area contributed by atoms with Crippen LogP contribution in [0.3, 0.4) is 0 Å². The molecule has 3 rings (SSSR count). The number of aromatic nitrogens is 1. The van der Waals surface area contributed by atoms with Crippen molar-refractivity contribution in [1.29, 1.82) is 0 Å². The summed E-state index contributed by atoms with van der Waals surface area (Å²) in [7, 11) is 2.65. The zero-order valence-electron chi connectivity index (χ0n) is 31.1. The molecule has 2 amide bonds. The highest BCUT2D eigenvalue weighted by molar-refractivity contribution is 5.82. The number of aliphatic hydroxyl groups excluding tert-OH is 1. The number of rotatable bonds is 10. The van der Waals surface area contributed by atoms with Crippen molar-refractivity contribution >= 4 is 24.1 Å². The predicted molar refractivity (Wildman–Crippen MR) is 187 cm³/mol. The van der Waals surface area contributed by atoms with Crippen molar-refractivity contribution in [2.75, 3.05) is 40.5 Å². The van der Waals surface area contributed by atoms with Gasteiger partial charge in [0.25, 0.3) is 0 Å². The molecule has 1 aromatic rings. The molecule has 0 spiro atoms. The molecule has 1 N–H and O–H groups in total. The number of methoxy groups -OCH3 is 2. The average molecular weight is 704 g/mol. The Labute approximate surface area is 296 Å². The zero-order valence-corrected chi connectivity index (χ0v) is 31.1. The second-order valence-corrected chi connectivity index (χ2v) is 14.1. The molecular weight excluding hydrogens is 646 g/mol. The highest BCUT2D eigenvalue weighted by Crippen LogP contribution is 2.25. The summed E-state index contributed by atoms with van der Waals surface area (Å²) >= 11 is 0. The normalized spacial score (nSPS) is 18.2. The Morgan fingerprint density at radius 2 is 1.28 bits per heavy atom. The van der Waals surface area contributed by atoms with E-state index >= 15 is 0 Å². The van der Waals surface area contributed by atoms with Crippen LogP contribution in [0.4, 0.5) is 9.59 Å². The number of carbonyl (C=O) groups excluding carboxylic acids is 4. The summed E-state index contributed by atoms with van der Waals surface area (Å²) in [5.41, 5.74) is 1.12. The summed E-state index contributed by atoms with van der Waals surface area (Å²) in [5, 5.41) is 8.93. The summed E-state index contributed by atoms with van der Waals surface area (Å²) in [6, 6.07) is 2.38. The van der Waals surface area contributed by atoms with Gasteiger partial charge in [0, 0.05) is 25.9 Å². The number of hydrogen-bond donors (Lipinski definition) is 1. The van der Waals surface area contributed by atoms with Gasteiger partial charge in [0.05, 0.1) is 27.0 Å². The van der Waals surface area contributed by atoms with Crippen molar-refractivity contribution in [2.24, 2.45) is 0 Å². The molecule has 2 atom stereocenters. The first-order chi connectivity index (χ1) is 23.6. The van der Waals surface area contributed by atoms with Crippen molar-refractivity contribution in [3.05, 3.63) is 47.8 Å². The number of pyridine rings is 1. The van der Waals surface area contributed by atoms with Gasteiger partial charge >= 0.3 is 24.1 Å². The van der Waals surface area contributed by atoms with E-state index in [-0.39, 0.29) is 6.61 Å². The number of carbonyl (C=O) groups is 4. The Hall–Kier alpha value is -4.13. The standard InChI is InChI=1S/C21H30N2O5.C16H27NO5/c1-21(2,3)28-20(25)23-13-11-16(9-10-18(23)19(24)26-4)7-6-14-27-17-8-5-12-22-15-17;1-16(2,3)22-15(20)17-10-9-12(6-5-11-18)7-8-13(17)14(19)21-4/h5,8-9,12,15,18H,6-7,10-11,13-14H2,1-4H3;7,13,18H,5-6,8-11H2,1-4H3/t18-;13-/m00/s1. The zero-order chi connectivity index (χ0) is 37.3. The average Bonchev–Trinajstić information content (AvgIpc) is 3.41. The van der Waals surface area contributed by atoms with Gasteiger partial charge in [0.2, 0.25) is 0 Å². The number of esters is 2. The van der Waals surface area contributed by atoms with Gasteiger partial charge in [0.15, 0.2) is 0 Å². The molecule has 0 radical (unpaired) electrons. The Morgan fingerprint density at radius 3 is 1.68 bits per heavy atom. The fraction of sp³-hybridized carbons (Fsp3) is 0.649. The van der Waals surface area contributed by atoms with Gasteiger partial charge in [0.1, 0.15) is 29.0 Å². The monoisotopic (exact) mass is 703 g/mol. The molecule has 0 aromatic carbocycles. The highest BCUT2D eigenvalue weighted by atomic mass is 16.6. The van der Waals surface area contributed by atoms with Crippen LogP contribution in [-0.4, -0.2) is 108 Å². The van der Waals surface area contributed by atoms with Crippen molar-refractivity contribution in [2.45, 2.75) is 116 Å².